The summed E-state index contributed by atoms with van der Waals surface area (Å²) in [5.74, 6) is 1.46. The van der Waals surface area contributed by atoms with Crippen LogP contribution in [-0.2, 0) is 6.42 Å². The van der Waals surface area contributed by atoms with Crippen molar-refractivity contribution < 1.29 is 14.3 Å². The van der Waals surface area contributed by atoms with E-state index in [1.807, 2.05) is 42.5 Å². The summed E-state index contributed by atoms with van der Waals surface area (Å²) in [6.45, 7) is 2.17. The van der Waals surface area contributed by atoms with E-state index in [4.69, 9.17) is 14.5 Å². The highest BCUT2D eigenvalue weighted by Crippen LogP contribution is 2.37. The summed E-state index contributed by atoms with van der Waals surface area (Å²) in [6.07, 6.45) is 9.68. The number of rotatable bonds is 6. The lowest BCUT2D eigenvalue weighted by Gasteiger charge is -2.32. The average molecular weight is 498 g/mol. The Hall–Kier alpha value is -3.38. The van der Waals surface area contributed by atoms with E-state index in [1.54, 1.807) is 14.2 Å². The molecule has 6 rings (SSSR count). The van der Waals surface area contributed by atoms with Gasteiger partial charge in [0, 0.05) is 30.6 Å². The molecule has 2 aromatic carbocycles. The molecule has 2 fully saturated rings. The quantitative estimate of drug-likeness (QED) is 0.488. The number of ether oxygens (including phenoxy) is 2. The number of nitrogens with zero attached hydrogens (tertiary/aromatic N) is 2. The molecule has 0 bridgehead atoms. The van der Waals surface area contributed by atoms with Crippen LogP contribution < -0.4 is 14.8 Å². The fourth-order valence-corrected chi connectivity index (χ4v) is 5.98. The second-order valence-corrected chi connectivity index (χ2v) is 10.5. The SMILES string of the molecule is COc1ccc(/C=C2\CCCc3c2nc2ccccc2c3C(=O)NC2CCN(C3CC3)CC2)cc1OC. The number of hydrogen-bond acceptors (Lipinski definition) is 5. The zero-order valence-corrected chi connectivity index (χ0v) is 21.8. The van der Waals surface area contributed by atoms with E-state index in [0.29, 0.717) is 11.5 Å². The number of nitrogens with one attached hydrogen (secondary N) is 1. The third-order valence-electron chi connectivity index (χ3n) is 8.07. The fraction of sp³-hybridized carbons (Fsp3) is 0.419. The second kappa shape index (κ2) is 10.2. The zero-order valence-electron chi connectivity index (χ0n) is 21.8. The van der Waals surface area contributed by atoms with Gasteiger partial charge in [-0.15, -0.1) is 0 Å². The number of piperidine rings is 1. The lowest BCUT2D eigenvalue weighted by molar-refractivity contribution is 0.0909. The molecule has 0 unspecified atom stereocenters. The van der Waals surface area contributed by atoms with Gasteiger partial charge in [-0.3, -0.25) is 4.79 Å². The standard InChI is InChI=1S/C31H35N3O3/c1-36-27-13-10-20(19-28(27)37-2)18-21-6-5-8-25-29(24-7-3-4-9-26(24)33-30(21)25)31(35)32-22-14-16-34(17-15-22)23-11-12-23/h3-4,7,9-10,13,18-19,22-23H,5-6,8,11-12,14-17H2,1-2H3,(H,32,35)/b21-18+. The minimum atomic E-state index is 0.0482. The summed E-state index contributed by atoms with van der Waals surface area (Å²) in [5.41, 5.74) is 5.89. The van der Waals surface area contributed by atoms with Crippen LogP contribution in [0.25, 0.3) is 22.6 Å². The number of para-hydroxylation sites is 1. The Morgan fingerprint density at radius 1 is 1.00 bits per heavy atom. The first-order valence-electron chi connectivity index (χ1n) is 13.5. The number of pyridine rings is 1. The summed E-state index contributed by atoms with van der Waals surface area (Å²) < 4.78 is 10.9. The predicted octanol–water partition coefficient (Wildman–Crippen LogP) is 5.49. The molecule has 6 nitrogen and oxygen atoms in total. The molecule has 2 heterocycles. The Bertz CT molecular complexity index is 1350. The van der Waals surface area contributed by atoms with Gasteiger partial charge in [0.2, 0.25) is 0 Å². The topological polar surface area (TPSA) is 63.7 Å². The Labute approximate surface area is 218 Å². The number of carbonyl (C=O) groups excluding carboxylic acids is 1. The van der Waals surface area contributed by atoms with E-state index in [0.717, 1.165) is 90.1 Å². The summed E-state index contributed by atoms with van der Waals surface area (Å²) >= 11 is 0. The second-order valence-electron chi connectivity index (χ2n) is 10.5. The normalized spacial score (nSPS) is 19.6. The van der Waals surface area contributed by atoms with Gasteiger partial charge in [-0.05, 0) is 85.9 Å². The van der Waals surface area contributed by atoms with Crippen LogP contribution in [-0.4, -0.2) is 55.2 Å². The smallest absolute Gasteiger partial charge is 0.252 e. The molecular weight excluding hydrogens is 462 g/mol. The lowest BCUT2D eigenvalue weighted by Crippen LogP contribution is -2.45. The van der Waals surface area contributed by atoms with Crippen LogP contribution in [0.5, 0.6) is 11.5 Å². The first-order valence-corrected chi connectivity index (χ1v) is 13.5. The van der Waals surface area contributed by atoms with Crippen molar-refractivity contribution in [3.63, 3.8) is 0 Å². The van der Waals surface area contributed by atoms with Gasteiger partial charge in [-0.1, -0.05) is 24.3 Å². The molecule has 0 spiro atoms. The van der Waals surface area contributed by atoms with Crippen LogP contribution in [0.15, 0.2) is 42.5 Å². The molecule has 3 aliphatic rings. The van der Waals surface area contributed by atoms with Crippen molar-refractivity contribution in [3.8, 4) is 11.5 Å². The summed E-state index contributed by atoms with van der Waals surface area (Å²) in [6, 6.07) is 15.0. The molecule has 1 saturated carbocycles. The van der Waals surface area contributed by atoms with Gasteiger partial charge in [0.25, 0.3) is 5.91 Å². The largest absolute Gasteiger partial charge is 0.493 e. The van der Waals surface area contributed by atoms with E-state index in [1.165, 1.54) is 12.8 Å². The molecule has 1 aliphatic heterocycles. The van der Waals surface area contributed by atoms with Gasteiger partial charge in [0.1, 0.15) is 0 Å². The molecule has 1 aromatic heterocycles. The van der Waals surface area contributed by atoms with E-state index in [-0.39, 0.29) is 11.9 Å². The summed E-state index contributed by atoms with van der Waals surface area (Å²) in [4.78, 5) is 21.5. The Morgan fingerprint density at radius 2 is 1.78 bits per heavy atom. The number of amides is 1. The fourth-order valence-electron chi connectivity index (χ4n) is 5.98. The molecular formula is C31H35N3O3. The van der Waals surface area contributed by atoms with Gasteiger partial charge in [-0.2, -0.15) is 0 Å². The third kappa shape index (κ3) is 4.82. The first kappa shape index (κ1) is 24.0. The van der Waals surface area contributed by atoms with Crippen molar-refractivity contribution in [2.24, 2.45) is 0 Å². The molecule has 37 heavy (non-hydrogen) atoms. The van der Waals surface area contributed by atoms with Gasteiger partial charge in [-0.25, -0.2) is 4.98 Å². The van der Waals surface area contributed by atoms with E-state index in [9.17, 15) is 4.79 Å². The summed E-state index contributed by atoms with van der Waals surface area (Å²) in [5, 5.41) is 4.35. The number of fused-ring (bicyclic) bond motifs is 2. The molecule has 3 aromatic rings. The van der Waals surface area contributed by atoms with E-state index in [2.05, 4.69) is 16.3 Å². The molecule has 192 valence electrons. The lowest BCUT2D eigenvalue weighted by atomic mass is 9.85. The minimum absolute atomic E-state index is 0.0482. The van der Waals surface area contributed by atoms with E-state index < -0.39 is 0 Å². The van der Waals surface area contributed by atoms with Crippen LogP contribution in [0.3, 0.4) is 0 Å². The average Bonchev–Trinajstić information content (AvgIpc) is 3.78. The number of carbonyl (C=O) groups is 1. The maximum absolute atomic E-state index is 13.8. The van der Waals surface area contributed by atoms with Crippen molar-refractivity contribution in [1.29, 1.82) is 0 Å². The molecule has 0 radical (unpaired) electrons. The zero-order chi connectivity index (χ0) is 25.4. The maximum atomic E-state index is 13.8. The number of likely N-dealkylation sites (tertiary alicyclic amines) is 1. The first-order chi connectivity index (χ1) is 18.1. The van der Waals surface area contributed by atoms with E-state index >= 15 is 0 Å². The predicted molar refractivity (Wildman–Crippen MR) is 147 cm³/mol. The molecule has 1 amide bonds. The maximum Gasteiger partial charge on any atom is 0.252 e. The van der Waals surface area contributed by atoms with Crippen molar-refractivity contribution >= 4 is 28.5 Å². The minimum Gasteiger partial charge on any atom is -0.493 e. The van der Waals surface area contributed by atoms with Gasteiger partial charge < -0.3 is 19.7 Å². The molecule has 2 aliphatic carbocycles. The van der Waals surface area contributed by atoms with Gasteiger partial charge >= 0.3 is 0 Å². The number of allylic oxidation sites excluding steroid dienone is 1. The van der Waals surface area contributed by atoms with Gasteiger partial charge in [0.15, 0.2) is 11.5 Å². The monoisotopic (exact) mass is 497 g/mol. The van der Waals surface area contributed by atoms with Crippen molar-refractivity contribution in [2.45, 2.75) is 57.0 Å². The Morgan fingerprint density at radius 3 is 2.54 bits per heavy atom. The van der Waals surface area contributed by atoms with Crippen LogP contribution in [0, 0.1) is 0 Å². The molecule has 1 N–H and O–H groups in total. The van der Waals surface area contributed by atoms with Crippen molar-refractivity contribution in [3.05, 3.63) is 64.8 Å². The van der Waals surface area contributed by atoms with Gasteiger partial charge in [0.05, 0.1) is 31.0 Å². The number of hydrogen-bond donors (Lipinski definition) is 1. The highest BCUT2D eigenvalue weighted by molar-refractivity contribution is 6.09. The molecule has 0 atom stereocenters. The summed E-state index contributed by atoms with van der Waals surface area (Å²) in [7, 11) is 3.30. The highest BCUT2D eigenvalue weighted by atomic mass is 16.5. The number of benzene rings is 2. The van der Waals surface area contributed by atoms with Crippen LogP contribution in [0.4, 0.5) is 0 Å². The van der Waals surface area contributed by atoms with Crippen LogP contribution >= 0.6 is 0 Å². The molecule has 1 saturated heterocycles. The Kier molecular flexibility index (Phi) is 6.59. The molecule has 6 heteroatoms. The third-order valence-corrected chi connectivity index (χ3v) is 8.07. The van der Waals surface area contributed by atoms with Crippen LogP contribution in [0.1, 0.15) is 65.7 Å². The van der Waals surface area contributed by atoms with Crippen molar-refractivity contribution in [2.75, 3.05) is 27.3 Å². The highest BCUT2D eigenvalue weighted by Gasteiger charge is 2.33. The van der Waals surface area contributed by atoms with Crippen molar-refractivity contribution in [1.82, 2.24) is 15.2 Å². The van der Waals surface area contributed by atoms with Crippen LogP contribution in [0.2, 0.25) is 0 Å². The number of methoxy groups -OCH3 is 2. The Balaban J connectivity index is 1.35. The number of aromatic nitrogens is 1.